The molecule has 0 radical (unpaired) electrons. The van der Waals surface area contributed by atoms with Crippen LogP contribution in [0.1, 0.15) is 59.3 Å². The van der Waals surface area contributed by atoms with Crippen LogP contribution in [-0.4, -0.2) is 60.2 Å². The number of hydrogen-bond acceptors (Lipinski definition) is 8. The fraction of sp³-hybridized carbons (Fsp3) is 0.350. The molecule has 0 unspecified atom stereocenters. The third-order valence-electron chi connectivity index (χ3n) is 10.3. The van der Waals surface area contributed by atoms with Gasteiger partial charge in [0.25, 0.3) is 0 Å². The Kier molecular flexibility index (Phi) is 10.0. The number of nitrogens with zero attached hydrogens (tertiary/aromatic N) is 4. The second kappa shape index (κ2) is 14.7. The van der Waals surface area contributed by atoms with Crippen molar-refractivity contribution in [1.82, 2.24) is 19.8 Å². The van der Waals surface area contributed by atoms with Gasteiger partial charge in [-0.3, -0.25) is 9.80 Å². The summed E-state index contributed by atoms with van der Waals surface area (Å²) >= 11 is 3.41. The first kappa shape index (κ1) is 32.7. The van der Waals surface area contributed by atoms with E-state index in [0.717, 1.165) is 74.4 Å². The molecule has 2 aliphatic rings. The van der Waals surface area contributed by atoms with Crippen molar-refractivity contribution in [1.29, 1.82) is 0 Å². The Morgan fingerprint density at radius 3 is 1.38 bits per heavy atom. The molecule has 0 amide bonds. The summed E-state index contributed by atoms with van der Waals surface area (Å²) in [4.78, 5) is 14.1. The molecule has 4 heterocycles. The van der Waals surface area contributed by atoms with E-state index >= 15 is 0 Å². The van der Waals surface area contributed by atoms with E-state index in [-0.39, 0.29) is 0 Å². The molecule has 0 spiro atoms. The summed E-state index contributed by atoms with van der Waals surface area (Å²) in [6.07, 6.45) is 4.36. The zero-order valence-electron chi connectivity index (χ0n) is 28.3. The van der Waals surface area contributed by atoms with Gasteiger partial charge < -0.3 is 9.47 Å². The predicted molar refractivity (Wildman–Crippen MR) is 200 cm³/mol. The van der Waals surface area contributed by atoms with E-state index in [1.54, 1.807) is 36.9 Å². The third kappa shape index (κ3) is 7.13. The molecule has 48 heavy (non-hydrogen) atoms. The SMILES string of the molecule is COc1ccc2c(c1)CCN([C@@H](C)c1ccc3scnc3c1)CC2.COc1ccc2c(c1)CCN([C@H](C)c1ccc3scnc3c1)CC2. The largest absolute Gasteiger partial charge is 0.497 e. The normalized spacial score (nSPS) is 16.6. The van der Waals surface area contributed by atoms with Crippen molar-refractivity contribution in [2.75, 3.05) is 40.4 Å². The Bertz CT molecular complexity index is 1860. The Morgan fingerprint density at radius 1 is 0.542 bits per heavy atom. The maximum atomic E-state index is 5.38. The number of hydrogen-bond donors (Lipinski definition) is 0. The van der Waals surface area contributed by atoms with Crippen molar-refractivity contribution in [3.05, 3.63) is 117 Å². The van der Waals surface area contributed by atoms with E-state index < -0.39 is 0 Å². The second-order valence-corrected chi connectivity index (χ2v) is 14.6. The molecule has 4 aromatic carbocycles. The summed E-state index contributed by atoms with van der Waals surface area (Å²) in [6.45, 7) is 8.96. The van der Waals surface area contributed by atoms with Crippen LogP contribution in [0.2, 0.25) is 0 Å². The summed E-state index contributed by atoms with van der Waals surface area (Å²) in [5.41, 5.74) is 14.6. The minimum Gasteiger partial charge on any atom is -0.497 e. The van der Waals surface area contributed by atoms with Gasteiger partial charge in [-0.25, -0.2) is 9.97 Å². The lowest BCUT2D eigenvalue weighted by molar-refractivity contribution is 0.221. The number of aromatic nitrogens is 2. The van der Waals surface area contributed by atoms with Gasteiger partial charge in [-0.2, -0.15) is 0 Å². The van der Waals surface area contributed by atoms with E-state index in [2.05, 4.69) is 106 Å². The molecule has 0 N–H and O–H groups in total. The highest BCUT2D eigenvalue weighted by molar-refractivity contribution is 7.17. The van der Waals surface area contributed by atoms with Gasteiger partial charge in [-0.1, -0.05) is 24.3 Å². The highest BCUT2D eigenvalue weighted by Crippen LogP contribution is 2.31. The van der Waals surface area contributed by atoms with Gasteiger partial charge >= 0.3 is 0 Å². The number of benzene rings is 4. The molecule has 8 rings (SSSR count). The lowest BCUT2D eigenvalue weighted by Gasteiger charge is -2.28. The number of fused-ring (bicyclic) bond motifs is 4. The third-order valence-corrected chi connectivity index (χ3v) is 11.9. The van der Waals surface area contributed by atoms with Gasteiger partial charge in [0.1, 0.15) is 11.5 Å². The van der Waals surface area contributed by atoms with Crippen molar-refractivity contribution in [2.24, 2.45) is 0 Å². The Hall–Kier alpha value is -3.82. The summed E-state index contributed by atoms with van der Waals surface area (Å²) in [7, 11) is 3.48. The van der Waals surface area contributed by atoms with Crippen molar-refractivity contribution in [3.8, 4) is 11.5 Å². The topological polar surface area (TPSA) is 50.7 Å². The highest BCUT2D eigenvalue weighted by Gasteiger charge is 2.22. The van der Waals surface area contributed by atoms with Gasteiger partial charge in [0.05, 0.1) is 45.7 Å². The first-order chi connectivity index (χ1) is 23.5. The quantitative estimate of drug-likeness (QED) is 0.176. The Balaban J connectivity index is 0.000000152. The van der Waals surface area contributed by atoms with Crippen LogP contribution in [-0.2, 0) is 25.7 Å². The second-order valence-electron chi connectivity index (χ2n) is 12.9. The van der Waals surface area contributed by atoms with Gasteiger partial charge in [-0.05, 0) is 121 Å². The molecule has 2 aromatic heterocycles. The zero-order valence-corrected chi connectivity index (χ0v) is 29.9. The number of methoxy groups -OCH3 is 2. The lowest BCUT2D eigenvalue weighted by Crippen LogP contribution is -2.29. The number of rotatable bonds is 6. The van der Waals surface area contributed by atoms with Crippen LogP contribution >= 0.6 is 22.7 Å². The van der Waals surface area contributed by atoms with Gasteiger partial charge in [-0.15, -0.1) is 22.7 Å². The minimum atomic E-state index is 0.410. The molecule has 8 heteroatoms. The van der Waals surface area contributed by atoms with Crippen LogP contribution < -0.4 is 9.47 Å². The molecule has 0 saturated heterocycles. The van der Waals surface area contributed by atoms with Crippen LogP contribution in [0.25, 0.3) is 20.4 Å². The zero-order chi connectivity index (χ0) is 33.0. The Labute approximate surface area is 292 Å². The van der Waals surface area contributed by atoms with E-state index in [1.165, 1.54) is 42.8 Å². The molecule has 6 nitrogen and oxygen atoms in total. The van der Waals surface area contributed by atoms with Gasteiger partial charge in [0.2, 0.25) is 0 Å². The van der Waals surface area contributed by atoms with Crippen LogP contribution in [0.5, 0.6) is 11.5 Å². The van der Waals surface area contributed by atoms with E-state index in [9.17, 15) is 0 Å². The van der Waals surface area contributed by atoms with Crippen molar-refractivity contribution >= 4 is 43.1 Å². The number of thiazole rings is 2. The molecule has 0 aliphatic carbocycles. The summed E-state index contributed by atoms with van der Waals surface area (Å²) in [5, 5.41) is 0. The van der Waals surface area contributed by atoms with Crippen molar-refractivity contribution in [3.63, 3.8) is 0 Å². The molecule has 6 aromatic rings. The Morgan fingerprint density at radius 2 is 0.958 bits per heavy atom. The van der Waals surface area contributed by atoms with Crippen LogP contribution in [0.15, 0.2) is 83.8 Å². The fourth-order valence-electron chi connectivity index (χ4n) is 7.16. The monoisotopic (exact) mass is 676 g/mol. The highest BCUT2D eigenvalue weighted by atomic mass is 32.1. The van der Waals surface area contributed by atoms with Crippen molar-refractivity contribution < 1.29 is 9.47 Å². The minimum absolute atomic E-state index is 0.410. The molecule has 2 atom stereocenters. The van der Waals surface area contributed by atoms with Crippen LogP contribution in [0, 0.1) is 0 Å². The summed E-state index contributed by atoms with van der Waals surface area (Å²) < 4.78 is 13.3. The number of ether oxygens (including phenoxy) is 2. The molecule has 0 saturated carbocycles. The molecule has 248 valence electrons. The average Bonchev–Trinajstić information content (AvgIpc) is 3.69. The van der Waals surface area contributed by atoms with Crippen LogP contribution in [0.3, 0.4) is 0 Å². The maximum Gasteiger partial charge on any atom is 0.119 e. The standard InChI is InChI=1S/2C20H22N2OS/c2*1-14(16-4-6-20-19(12-16)21-13-24-20)22-9-7-15-3-5-18(23-2)11-17(15)8-10-22/h2*3-6,11-14H,7-10H2,1-2H3/t2*14-/m10/s1. The molecule has 2 aliphatic heterocycles. The fourth-order valence-corrected chi connectivity index (χ4v) is 8.47. The molecular formula is C40H44N4O2S2. The van der Waals surface area contributed by atoms with Gasteiger partial charge in [0.15, 0.2) is 0 Å². The van der Waals surface area contributed by atoms with Crippen molar-refractivity contribution in [2.45, 2.75) is 51.6 Å². The lowest BCUT2D eigenvalue weighted by atomic mass is 10.0. The van der Waals surface area contributed by atoms with Crippen LogP contribution in [0.4, 0.5) is 0 Å². The van der Waals surface area contributed by atoms with E-state index in [4.69, 9.17) is 9.47 Å². The van der Waals surface area contributed by atoms with Gasteiger partial charge in [0, 0.05) is 38.3 Å². The maximum absolute atomic E-state index is 5.38. The van der Waals surface area contributed by atoms with E-state index in [1.807, 2.05) is 11.0 Å². The van der Waals surface area contributed by atoms with E-state index in [0.29, 0.717) is 12.1 Å². The predicted octanol–water partition coefficient (Wildman–Crippen LogP) is 8.93. The smallest absolute Gasteiger partial charge is 0.119 e. The first-order valence-electron chi connectivity index (χ1n) is 16.9. The summed E-state index contributed by atoms with van der Waals surface area (Å²) in [5.74, 6) is 1.92. The first-order valence-corrected chi connectivity index (χ1v) is 18.7. The molecule has 0 bridgehead atoms. The average molecular weight is 677 g/mol. The summed E-state index contributed by atoms with van der Waals surface area (Å²) in [6, 6.07) is 27.2. The molecule has 0 fully saturated rings. The molecular weight excluding hydrogens is 633 g/mol.